The Morgan fingerprint density at radius 2 is 1.36 bits per heavy atom. The molecule has 5 heterocycles. The van der Waals surface area contributed by atoms with Gasteiger partial charge in [0.1, 0.15) is 6.29 Å². The molecule has 5 heteroatoms. The molecule has 0 atom stereocenters. The highest BCUT2D eigenvalue weighted by atomic mass is 16.1. The normalized spacial score (nSPS) is 13.3. The second-order valence-corrected chi connectivity index (χ2v) is 10.4. The number of H-pyrrole nitrogens is 2. The summed E-state index contributed by atoms with van der Waals surface area (Å²) in [6.45, 7) is 18.8. The number of nitrogens with one attached hydrogen (secondary N) is 2. The van der Waals surface area contributed by atoms with Gasteiger partial charge in [0, 0.05) is 39.6 Å². The van der Waals surface area contributed by atoms with Gasteiger partial charge in [-0.1, -0.05) is 38.7 Å². The zero-order valence-corrected chi connectivity index (χ0v) is 23.6. The van der Waals surface area contributed by atoms with Crippen molar-refractivity contribution in [1.82, 2.24) is 19.9 Å². The number of aromatic nitrogens is 4. The van der Waals surface area contributed by atoms with Crippen molar-refractivity contribution in [2.24, 2.45) is 0 Å². The Bertz CT molecular complexity index is 1760. The largest absolute Gasteiger partial charge is 0.355 e. The standard InChI is InChI=1S/C34H36N4O/c1-8-12-25-21(6)28-15-27-19(4)23(9-2)31(35-27)16-29-20(5)24(10-3)32(36-29)17-30-22(7)26(13-11-14-39)34(38-30)18-33(25)37-28/h9-10,14-18,36-37H,2-3,8,11-13H2,1,4-7H3. The van der Waals surface area contributed by atoms with Crippen LogP contribution in [0.25, 0.3) is 50.4 Å². The molecule has 0 amide bonds. The van der Waals surface area contributed by atoms with Crippen molar-refractivity contribution in [3.63, 3.8) is 0 Å². The maximum Gasteiger partial charge on any atom is 0.120 e. The van der Waals surface area contributed by atoms with Gasteiger partial charge in [0.15, 0.2) is 0 Å². The predicted octanol–water partition coefficient (Wildman–Crippen LogP) is 8.55. The molecule has 0 aliphatic carbocycles. The minimum absolute atomic E-state index is 0.464. The van der Waals surface area contributed by atoms with Crippen molar-refractivity contribution in [2.75, 3.05) is 0 Å². The molecule has 0 saturated heterocycles. The highest BCUT2D eigenvalue weighted by molar-refractivity contribution is 5.98. The summed E-state index contributed by atoms with van der Waals surface area (Å²) in [4.78, 5) is 28.8. The molecule has 8 bridgehead atoms. The van der Waals surface area contributed by atoms with E-state index in [2.05, 4.69) is 82.0 Å². The van der Waals surface area contributed by atoms with Gasteiger partial charge in [0.2, 0.25) is 0 Å². The number of allylic oxidation sites excluding steroid dienone is 5. The van der Waals surface area contributed by atoms with E-state index in [1.807, 2.05) is 12.2 Å². The molecule has 2 N–H and O–H groups in total. The maximum atomic E-state index is 11.3. The van der Waals surface area contributed by atoms with E-state index in [0.717, 1.165) is 97.4 Å². The van der Waals surface area contributed by atoms with Gasteiger partial charge in [-0.05, 0) is 98.2 Å². The molecule has 2 aliphatic heterocycles. The number of aldehydes is 1. The van der Waals surface area contributed by atoms with Gasteiger partial charge >= 0.3 is 0 Å². The Morgan fingerprint density at radius 1 is 0.744 bits per heavy atom. The quantitative estimate of drug-likeness (QED) is 0.309. The third-order valence-electron chi connectivity index (χ3n) is 8.06. The summed E-state index contributed by atoms with van der Waals surface area (Å²) >= 11 is 0. The average molecular weight is 517 g/mol. The smallest absolute Gasteiger partial charge is 0.120 e. The molecule has 198 valence electrons. The van der Waals surface area contributed by atoms with Crippen LogP contribution >= 0.6 is 0 Å². The minimum atomic E-state index is 0.464. The zero-order chi connectivity index (χ0) is 27.8. The first-order chi connectivity index (χ1) is 18.8. The first kappa shape index (κ1) is 26.4. The van der Waals surface area contributed by atoms with Crippen LogP contribution < -0.4 is 0 Å². The number of carbonyl (C=O) groups excluding carboxylic acids is 1. The molecule has 0 radical (unpaired) electrons. The number of rotatable bonds is 7. The van der Waals surface area contributed by atoms with E-state index in [0.29, 0.717) is 12.8 Å². The predicted molar refractivity (Wildman–Crippen MR) is 165 cm³/mol. The van der Waals surface area contributed by atoms with Gasteiger partial charge in [-0.2, -0.15) is 0 Å². The molecule has 3 aromatic heterocycles. The second-order valence-electron chi connectivity index (χ2n) is 10.4. The van der Waals surface area contributed by atoms with Gasteiger partial charge in [0.25, 0.3) is 0 Å². The van der Waals surface area contributed by atoms with Crippen LogP contribution in [0.2, 0.25) is 0 Å². The van der Waals surface area contributed by atoms with Gasteiger partial charge in [-0.15, -0.1) is 0 Å². The monoisotopic (exact) mass is 516 g/mol. The van der Waals surface area contributed by atoms with Crippen LogP contribution in [-0.4, -0.2) is 26.2 Å². The van der Waals surface area contributed by atoms with Crippen LogP contribution in [0.5, 0.6) is 0 Å². The van der Waals surface area contributed by atoms with Crippen LogP contribution in [0.15, 0.2) is 43.5 Å². The van der Waals surface area contributed by atoms with Crippen LogP contribution in [-0.2, 0) is 11.2 Å². The van der Waals surface area contributed by atoms with Gasteiger partial charge in [-0.25, -0.2) is 9.97 Å². The van der Waals surface area contributed by atoms with Crippen LogP contribution in [0.3, 0.4) is 0 Å². The molecule has 5 rings (SSSR count). The summed E-state index contributed by atoms with van der Waals surface area (Å²) in [5, 5.41) is 0. The lowest BCUT2D eigenvalue weighted by Gasteiger charge is -2.02. The molecular formula is C34H36N4O. The van der Waals surface area contributed by atoms with E-state index in [-0.39, 0.29) is 0 Å². The molecule has 0 spiro atoms. The summed E-state index contributed by atoms with van der Waals surface area (Å²) in [6, 6.07) is 8.50. The van der Waals surface area contributed by atoms with Gasteiger partial charge in [0.05, 0.1) is 22.8 Å². The third kappa shape index (κ3) is 4.52. The lowest BCUT2D eigenvalue weighted by atomic mass is 10.0. The molecule has 5 nitrogen and oxygen atoms in total. The number of nitrogens with zero attached hydrogens (tertiary/aromatic N) is 2. The van der Waals surface area contributed by atoms with Crippen molar-refractivity contribution in [3.8, 4) is 0 Å². The van der Waals surface area contributed by atoms with Gasteiger partial charge in [-0.3, -0.25) is 0 Å². The number of carbonyl (C=O) groups is 1. The lowest BCUT2D eigenvalue weighted by Crippen LogP contribution is -1.87. The number of hydrogen-bond acceptors (Lipinski definition) is 3. The van der Waals surface area contributed by atoms with E-state index < -0.39 is 0 Å². The van der Waals surface area contributed by atoms with E-state index in [4.69, 9.17) is 9.97 Å². The summed E-state index contributed by atoms with van der Waals surface area (Å²) in [5.41, 5.74) is 16.7. The maximum absolute atomic E-state index is 11.3. The fourth-order valence-corrected chi connectivity index (χ4v) is 5.76. The molecule has 0 aromatic carbocycles. The highest BCUT2D eigenvalue weighted by Gasteiger charge is 2.19. The van der Waals surface area contributed by atoms with Crippen LogP contribution in [0.4, 0.5) is 0 Å². The summed E-state index contributed by atoms with van der Waals surface area (Å²) < 4.78 is 0. The Morgan fingerprint density at radius 3 is 2.05 bits per heavy atom. The fourth-order valence-electron chi connectivity index (χ4n) is 5.76. The van der Waals surface area contributed by atoms with Crippen molar-refractivity contribution in [1.29, 1.82) is 0 Å². The Labute approximate surface area is 230 Å². The second kappa shape index (κ2) is 10.5. The van der Waals surface area contributed by atoms with Crippen molar-refractivity contribution < 1.29 is 4.79 Å². The summed E-state index contributed by atoms with van der Waals surface area (Å²) in [6.07, 6.45) is 7.88. The zero-order valence-electron chi connectivity index (χ0n) is 23.6. The number of aryl methyl sites for hydroxylation is 3. The molecule has 3 aromatic rings. The van der Waals surface area contributed by atoms with E-state index in [1.165, 1.54) is 11.1 Å². The molecule has 2 aliphatic rings. The van der Waals surface area contributed by atoms with Gasteiger partial charge < -0.3 is 14.8 Å². The highest BCUT2D eigenvalue weighted by Crippen LogP contribution is 2.36. The van der Waals surface area contributed by atoms with Crippen LogP contribution in [0, 0.1) is 13.8 Å². The van der Waals surface area contributed by atoms with E-state index in [1.54, 1.807) is 0 Å². The number of fused-ring (bicyclic) bond motifs is 8. The number of aromatic amines is 2. The Kier molecular flexibility index (Phi) is 7.09. The minimum Gasteiger partial charge on any atom is -0.355 e. The third-order valence-corrected chi connectivity index (χ3v) is 8.06. The first-order valence-electron chi connectivity index (χ1n) is 13.7. The Hall–Kier alpha value is -4.25. The van der Waals surface area contributed by atoms with Crippen molar-refractivity contribution in [2.45, 2.75) is 60.3 Å². The number of hydrogen-bond donors (Lipinski definition) is 2. The van der Waals surface area contributed by atoms with Crippen LogP contribution in [0.1, 0.15) is 85.1 Å². The topological polar surface area (TPSA) is 74.4 Å². The first-order valence-corrected chi connectivity index (χ1v) is 13.7. The van der Waals surface area contributed by atoms with E-state index in [9.17, 15) is 4.79 Å². The summed E-state index contributed by atoms with van der Waals surface area (Å²) in [5.74, 6) is 0. The lowest BCUT2D eigenvalue weighted by molar-refractivity contribution is -0.107. The summed E-state index contributed by atoms with van der Waals surface area (Å²) in [7, 11) is 0. The van der Waals surface area contributed by atoms with Crippen molar-refractivity contribution in [3.05, 3.63) is 88.5 Å². The molecule has 0 fully saturated rings. The van der Waals surface area contributed by atoms with Crippen molar-refractivity contribution >= 4 is 56.7 Å². The molecular weight excluding hydrogens is 480 g/mol. The SMILES string of the molecule is C=CC1=C(C)c2cc3[nH]c(cc4nc(cc5[nH]c(cc1n2)c(C)c5C=C)C(C)=C4CCC=O)c(CCC)c3C. The molecule has 39 heavy (non-hydrogen) atoms. The average Bonchev–Trinajstić information content (AvgIpc) is 3.57. The van der Waals surface area contributed by atoms with E-state index >= 15 is 0 Å². The fraction of sp³-hybridized carbons (Fsp3) is 0.265. The molecule has 0 unspecified atom stereocenters. The Balaban J connectivity index is 1.98. The molecule has 0 saturated carbocycles.